The number of hydrogen-bond donors (Lipinski definition) is 1. The maximum absolute atomic E-state index is 12.3. The zero-order chi connectivity index (χ0) is 22.6. The standard InChI is InChI=1S/C20H19Cl2N5O3S/c1-14-18(20(22)25-27(14)16-8-4-3-5-9-16)12-23-24-19(28)13-26(31(2,29)30)17-10-6-7-15(21)11-17/h3-12H,13H2,1-2H3,(H,24,28)/b23-12-. The van der Waals surface area contributed by atoms with Crippen LogP contribution in [0.1, 0.15) is 11.3 Å². The van der Waals surface area contributed by atoms with Gasteiger partial charge in [0.1, 0.15) is 6.54 Å². The van der Waals surface area contributed by atoms with E-state index in [2.05, 4.69) is 15.6 Å². The van der Waals surface area contributed by atoms with Gasteiger partial charge in [-0.15, -0.1) is 0 Å². The molecular formula is C20H19Cl2N5O3S. The lowest BCUT2D eigenvalue weighted by Crippen LogP contribution is -2.39. The summed E-state index contributed by atoms with van der Waals surface area (Å²) in [6.07, 6.45) is 2.37. The highest BCUT2D eigenvalue weighted by molar-refractivity contribution is 7.92. The number of nitrogens with one attached hydrogen (secondary N) is 1. The summed E-state index contributed by atoms with van der Waals surface area (Å²) in [5.74, 6) is -0.633. The van der Waals surface area contributed by atoms with Crippen LogP contribution in [-0.2, 0) is 14.8 Å². The van der Waals surface area contributed by atoms with Crippen molar-refractivity contribution < 1.29 is 13.2 Å². The number of anilines is 1. The zero-order valence-electron chi connectivity index (χ0n) is 16.7. The van der Waals surface area contributed by atoms with Gasteiger partial charge < -0.3 is 0 Å². The summed E-state index contributed by atoms with van der Waals surface area (Å²) in [4.78, 5) is 12.3. The van der Waals surface area contributed by atoms with E-state index in [1.807, 2.05) is 37.3 Å². The smallest absolute Gasteiger partial charge is 0.260 e. The van der Waals surface area contributed by atoms with Gasteiger partial charge in [0.2, 0.25) is 10.0 Å². The van der Waals surface area contributed by atoms with Crippen molar-refractivity contribution in [1.29, 1.82) is 0 Å². The lowest BCUT2D eigenvalue weighted by molar-refractivity contribution is -0.119. The number of amides is 1. The van der Waals surface area contributed by atoms with Crippen LogP contribution >= 0.6 is 23.2 Å². The van der Waals surface area contributed by atoms with Crippen molar-refractivity contribution in [2.75, 3.05) is 17.1 Å². The summed E-state index contributed by atoms with van der Waals surface area (Å²) < 4.78 is 26.9. The molecule has 0 aliphatic carbocycles. The molecule has 11 heteroatoms. The molecule has 0 aliphatic rings. The molecule has 3 aromatic rings. The van der Waals surface area contributed by atoms with Gasteiger partial charge in [-0.1, -0.05) is 47.5 Å². The van der Waals surface area contributed by atoms with Crippen LogP contribution in [0.5, 0.6) is 0 Å². The van der Waals surface area contributed by atoms with E-state index in [1.54, 1.807) is 22.9 Å². The van der Waals surface area contributed by atoms with Gasteiger partial charge in [0, 0.05) is 5.02 Å². The first kappa shape index (κ1) is 22.8. The number of hydrazone groups is 1. The molecule has 3 rings (SSSR count). The highest BCUT2D eigenvalue weighted by Gasteiger charge is 2.21. The molecule has 0 aliphatic heterocycles. The van der Waals surface area contributed by atoms with Crippen LogP contribution in [0, 0.1) is 6.92 Å². The number of rotatable bonds is 7. The summed E-state index contributed by atoms with van der Waals surface area (Å²) in [7, 11) is -3.72. The lowest BCUT2D eigenvalue weighted by atomic mass is 10.2. The average Bonchev–Trinajstić information content (AvgIpc) is 3.00. The molecular weight excluding hydrogens is 461 g/mol. The number of sulfonamides is 1. The lowest BCUT2D eigenvalue weighted by Gasteiger charge is -2.21. The minimum atomic E-state index is -3.72. The van der Waals surface area contributed by atoms with Gasteiger partial charge in [-0.2, -0.15) is 10.2 Å². The van der Waals surface area contributed by atoms with E-state index in [0.717, 1.165) is 21.9 Å². The minimum Gasteiger partial charge on any atom is -0.271 e. The summed E-state index contributed by atoms with van der Waals surface area (Å²) in [5.41, 5.74) is 4.68. The molecule has 1 aromatic heterocycles. The molecule has 0 bridgehead atoms. The number of para-hydroxylation sites is 1. The quantitative estimate of drug-likeness (QED) is 0.414. The first-order valence-electron chi connectivity index (χ1n) is 9.02. The van der Waals surface area contributed by atoms with Gasteiger partial charge in [-0.05, 0) is 37.3 Å². The van der Waals surface area contributed by atoms with Crippen molar-refractivity contribution in [2.45, 2.75) is 6.92 Å². The van der Waals surface area contributed by atoms with E-state index in [0.29, 0.717) is 10.6 Å². The van der Waals surface area contributed by atoms with Crippen LogP contribution in [0.4, 0.5) is 5.69 Å². The Morgan fingerprint density at radius 3 is 2.55 bits per heavy atom. The van der Waals surface area contributed by atoms with E-state index < -0.39 is 22.5 Å². The fourth-order valence-corrected chi connectivity index (χ4v) is 4.11. The average molecular weight is 480 g/mol. The van der Waals surface area contributed by atoms with E-state index in [1.165, 1.54) is 12.3 Å². The SMILES string of the molecule is Cc1c(/C=N\NC(=O)CN(c2cccc(Cl)c2)S(C)(=O)=O)c(Cl)nn1-c1ccccc1. The maximum atomic E-state index is 12.3. The number of carbonyl (C=O) groups is 1. The molecule has 8 nitrogen and oxygen atoms in total. The second-order valence-corrected chi connectivity index (χ2v) is 9.28. The Labute approximate surface area is 190 Å². The molecule has 1 amide bonds. The molecule has 0 saturated heterocycles. The van der Waals surface area contributed by atoms with Gasteiger partial charge in [0.15, 0.2) is 5.15 Å². The Bertz CT molecular complexity index is 1230. The second-order valence-electron chi connectivity index (χ2n) is 6.58. The monoisotopic (exact) mass is 479 g/mol. The van der Waals surface area contributed by atoms with Gasteiger partial charge in [0.25, 0.3) is 5.91 Å². The summed E-state index contributed by atoms with van der Waals surface area (Å²) in [6, 6.07) is 15.6. The Hall–Kier alpha value is -2.88. The Morgan fingerprint density at radius 1 is 1.19 bits per heavy atom. The van der Waals surface area contributed by atoms with Gasteiger partial charge >= 0.3 is 0 Å². The van der Waals surface area contributed by atoms with Crippen LogP contribution in [0.3, 0.4) is 0 Å². The molecule has 2 aromatic carbocycles. The zero-order valence-corrected chi connectivity index (χ0v) is 19.0. The number of halogens is 2. The van der Waals surface area contributed by atoms with Crippen LogP contribution in [-0.4, -0.2) is 43.1 Å². The fourth-order valence-electron chi connectivity index (χ4n) is 2.81. The Kier molecular flexibility index (Phi) is 6.99. The second kappa shape index (κ2) is 9.51. The van der Waals surface area contributed by atoms with E-state index in [9.17, 15) is 13.2 Å². The summed E-state index contributed by atoms with van der Waals surface area (Å²) in [5, 5.41) is 8.76. The van der Waals surface area contributed by atoms with Gasteiger partial charge in [-0.25, -0.2) is 18.5 Å². The van der Waals surface area contributed by atoms with Crippen molar-refractivity contribution in [2.24, 2.45) is 5.10 Å². The van der Waals surface area contributed by atoms with E-state index in [-0.39, 0.29) is 10.8 Å². The molecule has 0 saturated carbocycles. The number of aromatic nitrogens is 2. The third kappa shape index (κ3) is 5.63. The molecule has 0 atom stereocenters. The van der Waals surface area contributed by atoms with Crippen LogP contribution in [0.2, 0.25) is 10.2 Å². The first-order chi connectivity index (χ1) is 14.7. The van der Waals surface area contributed by atoms with Crippen LogP contribution in [0.25, 0.3) is 5.69 Å². The molecule has 162 valence electrons. The fraction of sp³-hybridized carbons (Fsp3) is 0.150. The topological polar surface area (TPSA) is 96.7 Å². The van der Waals surface area contributed by atoms with Crippen molar-refractivity contribution in [3.8, 4) is 5.69 Å². The van der Waals surface area contributed by atoms with Crippen LogP contribution in [0.15, 0.2) is 59.7 Å². The maximum Gasteiger partial charge on any atom is 0.260 e. The van der Waals surface area contributed by atoms with Crippen molar-refractivity contribution >= 4 is 51.0 Å². The van der Waals surface area contributed by atoms with Crippen molar-refractivity contribution in [3.63, 3.8) is 0 Å². The van der Waals surface area contributed by atoms with Crippen molar-refractivity contribution in [3.05, 3.63) is 76.0 Å². The Morgan fingerprint density at radius 2 is 1.90 bits per heavy atom. The normalized spacial score (nSPS) is 11.6. The van der Waals surface area contributed by atoms with Gasteiger partial charge in [0.05, 0.1) is 35.1 Å². The highest BCUT2D eigenvalue weighted by atomic mass is 35.5. The molecule has 1 heterocycles. The summed E-state index contributed by atoms with van der Waals surface area (Å²) in [6.45, 7) is 1.35. The molecule has 0 spiro atoms. The largest absolute Gasteiger partial charge is 0.271 e. The molecule has 1 N–H and O–H groups in total. The third-order valence-electron chi connectivity index (χ3n) is 4.28. The molecule has 31 heavy (non-hydrogen) atoms. The third-order valence-corrected chi connectivity index (χ3v) is 5.94. The van der Waals surface area contributed by atoms with Crippen molar-refractivity contribution in [1.82, 2.24) is 15.2 Å². The van der Waals surface area contributed by atoms with Crippen LogP contribution < -0.4 is 9.73 Å². The minimum absolute atomic E-state index is 0.219. The molecule has 0 radical (unpaired) electrons. The molecule has 0 unspecified atom stereocenters. The number of carbonyl (C=O) groups excluding carboxylic acids is 1. The molecule has 0 fully saturated rings. The first-order valence-corrected chi connectivity index (χ1v) is 11.6. The Balaban J connectivity index is 1.74. The number of hydrogen-bond acceptors (Lipinski definition) is 5. The predicted octanol–water partition coefficient (Wildman–Crippen LogP) is 3.40. The van der Waals surface area contributed by atoms with E-state index >= 15 is 0 Å². The highest BCUT2D eigenvalue weighted by Crippen LogP contribution is 2.22. The number of benzene rings is 2. The number of nitrogens with zero attached hydrogens (tertiary/aromatic N) is 4. The van der Waals surface area contributed by atoms with Gasteiger partial charge in [-0.3, -0.25) is 9.10 Å². The van der Waals surface area contributed by atoms with E-state index in [4.69, 9.17) is 23.2 Å². The summed E-state index contributed by atoms with van der Waals surface area (Å²) >= 11 is 12.2. The predicted molar refractivity (Wildman–Crippen MR) is 123 cm³/mol.